The molecule has 12 heteroatoms. The Morgan fingerprint density at radius 1 is 0.800 bits per heavy atom. The summed E-state index contributed by atoms with van der Waals surface area (Å²) in [6.07, 6.45) is 11.6. The number of carbonyl (C=O) groups excluding carboxylic acids is 6. The van der Waals surface area contributed by atoms with Crippen LogP contribution in [0.4, 0.5) is 0 Å². The van der Waals surface area contributed by atoms with Crippen LogP contribution in [0.1, 0.15) is 130 Å². The van der Waals surface area contributed by atoms with Crippen LogP contribution >= 0.6 is 0 Å². The third-order valence-electron chi connectivity index (χ3n) is 21.2. The van der Waals surface area contributed by atoms with Crippen molar-refractivity contribution in [2.24, 2.45) is 74.4 Å². The van der Waals surface area contributed by atoms with Gasteiger partial charge in [-0.3, -0.25) is 28.8 Å². The molecule has 3 spiro atoms. The van der Waals surface area contributed by atoms with Gasteiger partial charge < -0.3 is 24.1 Å². The fraction of sp³-hybridized carbons (Fsp3) is 0.812. The predicted molar refractivity (Wildman–Crippen MR) is 209 cm³/mol. The predicted octanol–water partition coefficient (Wildman–Crippen LogP) is 5.70. The number of hydrogen-bond acceptors (Lipinski definition) is 12. The number of esters is 3. The highest BCUT2D eigenvalue weighted by molar-refractivity contribution is 6.07. The van der Waals surface area contributed by atoms with E-state index in [2.05, 4.69) is 33.8 Å². The highest BCUT2D eigenvalue weighted by Gasteiger charge is 2.84. The number of epoxide rings is 1. The highest BCUT2D eigenvalue weighted by atomic mass is 16.6. The SMILES string of the molecule is CC12C[C@@H](O)C3C(C4C[C@]5(C#N)[C@@H](C(=O)CCC35C)C4=O)C1CC[C@@]21CCC(=O)O1.COC(=O)[C@@H]1CC2=CC(=O)CCC2(C)[C@@]23O[C@@H]2CC2(C)C(CC[C@@]24CCC(=O)O4)C13. The molecule has 18 atom stereocenters. The topological polar surface area (TPSA) is 187 Å². The van der Waals surface area contributed by atoms with Crippen molar-refractivity contribution in [2.75, 3.05) is 7.11 Å². The Balaban J connectivity index is 0.000000136. The molecule has 3 saturated heterocycles. The molecule has 0 aromatic carbocycles. The number of aliphatic hydroxyl groups is 1. The van der Waals surface area contributed by atoms with E-state index in [0.717, 1.165) is 50.5 Å². The van der Waals surface area contributed by atoms with Crippen molar-refractivity contribution in [3.63, 3.8) is 0 Å². The van der Waals surface area contributed by atoms with Gasteiger partial charge >= 0.3 is 17.9 Å². The molecule has 11 fully saturated rings. The third kappa shape index (κ3) is 4.27. The Hall–Kier alpha value is -3.43. The fourth-order valence-electron chi connectivity index (χ4n) is 18.4. The van der Waals surface area contributed by atoms with Crippen LogP contribution in [-0.2, 0) is 47.7 Å². The quantitative estimate of drug-likeness (QED) is 0.147. The summed E-state index contributed by atoms with van der Waals surface area (Å²) < 4.78 is 23.9. The molecule has 12 nitrogen and oxygen atoms in total. The average molecular weight is 826 g/mol. The van der Waals surface area contributed by atoms with Crippen molar-refractivity contribution in [2.45, 2.75) is 159 Å². The summed E-state index contributed by atoms with van der Waals surface area (Å²) in [5, 5.41) is 21.9. The number of carbonyl (C=O) groups is 6. The van der Waals surface area contributed by atoms with Crippen LogP contribution in [0.2, 0.25) is 0 Å². The first-order valence-corrected chi connectivity index (χ1v) is 22.9. The number of methoxy groups -OCH3 is 1. The number of ketones is 3. The molecule has 10 unspecified atom stereocenters. The molecular weight excluding hydrogens is 767 g/mol. The minimum atomic E-state index is -0.976. The summed E-state index contributed by atoms with van der Waals surface area (Å²) in [5.74, 6) is -1.72. The molecule has 0 amide bonds. The minimum absolute atomic E-state index is 0.0303. The van der Waals surface area contributed by atoms with Gasteiger partial charge in [-0.1, -0.05) is 33.3 Å². The van der Waals surface area contributed by atoms with E-state index in [1.165, 1.54) is 7.11 Å². The number of nitrogens with zero attached hydrogens (tertiary/aromatic N) is 1. The first kappa shape index (κ1) is 39.4. The lowest BCUT2D eigenvalue weighted by Crippen LogP contribution is -2.65. The molecule has 1 N–H and O–H groups in total. The van der Waals surface area contributed by atoms with Gasteiger partial charge in [0.05, 0.1) is 42.6 Å². The second-order valence-electron chi connectivity index (χ2n) is 22.5. The highest BCUT2D eigenvalue weighted by Crippen LogP contribution is 2.79. The lowest BCUT2D eigenvalue weighted by Gasteiger charge is -2.64. The fourth-order valence-corrected chi connectivity index (χ4v) is 18.4. The molecule has 0 radical (unpaired) electrons. The lowest BCUT2D eigenvalue weighted by molar-refractivity contribution is -0.213. The van der Waals surface area contributed by atoms with Crippen molar-refractivity contribution in [3.05, 3.63) is 11.6 Å². The van der Waals surface area contributed by atoms with Gasteiger partial charge in [0.2, 0.25) is 0 Å². The van der Waals surface area contributed by atoms with Crippen LogP contribution in [0.15, 0.2) is 11.6 Å². The molecule has 60 heavy (non-hydrogen) atoms. The van der Waals surface area contributed by atoms with E-state index in [9.17, 15) is 39.1 Å². The van der Waals surface area contributed by atoms with Crippen molar-refractivity contribution >= 4 is 35.3 Å². The van der Waals surface area contributed by atoms with Gasteiger partial charge in [0, 0.05) is 53.8 Å². The van der Waals surface area contributed by atoms with Crippen LogP contribution in [0, 0.1) is 85.7 Å². The van der Waals surface area contributed by atoms with E-state index < -0.39 is 39.7 Å². The second-order valence-corrected chi connectivity index (χ2v) is 22.5. The zero-order chi connectivity index (χ0) is 42.4. The summed E-state index contributed by atoms with van der Waals surface area (Å²) in [7, 11) is 1.45. The summed E-state index contributed by atoms with van der Waals surface area (Å²) >= 11 is 0. The molecule has 3 aliphatic heterocycles. The van der Waals surface area contributed by atoms with Crippen LogP contribution in [0.5, 0.6) is 0 Å². The molecule has 3 heterocycles. The number of fused-ring (bicyclic) bond motifs is 11. The zero-order valence-electron chi connectivity index (χ0n) is 35.6. The third-order valence-corrected chi connectivity index (χ3v) is 21.2. The van der Waals surface area contributed by atoms with Crippen molar-refractivity contribution in [1.29, 1.82) is 5.26 Å². The number of hydrogen-bond donors (Lipinski definition) is 1. The van der Waals surface area contributed by atoms with Gasteiger partial charge in [-0.15, -0.1) is 0 Å². The van der Waals surface area contributed by atoms with Crippen molar-refractivity contribution < 1.29 is 52.8 Å². The van der Waals surface area contributed by atoms with E-state index in [0.29, 0.717) is 57.8 Å². The van der Waals surface area contributed by atoms with Gasteiger partial charge in [0.1, 0.15) is 28.4 Å². The van der Waals surface area contributed by atoms with E-state index in [1.54, 1.807) is 6.08 Å². The van der Waals surface area contributed by atoms with E-state index in [-0.39, 0.29) is 99.0 Å². The monoisotopic (exact) mass is 825 g/mol. The molecule has 12 aliphatic rings. The smallest absolute Gasteiger partial charge is 0.309 e. The Morgan fingerprint density at radius 3 is 2.07 bits per heavy atom. The molecular formula is C48H59NO11. The van der Waals surface area contributed by atoms with Crippen molar-refractivity contribution in [3.8, 4) is 6.07 Å². The van der Waals surface area contributed by atoms with E-state index in [4.69, 9.17) is 18.9 Å². The Kier molecular flexibility index (Phi) is 7.87. The summed E-state index contributed by atoms with van der Waals surface area (Å²) in [5.41, 5.74) is -2.61. The Morgan fingerprint density at radius 2 is 1.45 bits per heavy atom. The van der Waals surface area contributed by atoms with Crippen LogP contribution < -0.4 is 0 Å². The molecule has 8 saturated carbocycles. The van der Waals surface area contributed by atoms with Gasteiger partial charge in [0.25, 0.3) is 0 Å². The molecule has 2 bridgehead atoms. The lowest BCUT2D eigenvalue weighted by atomic mass is 9.39. The van der Waals surface area contributed by atoms with E-state index >= 15 is 0 Å². The number of Topliss-reactive ketones (excluding diaryl/α,β-unsaturated/α-hetero) is 2. The van der Waals surface area contributed by atoms with Crippen LogP contribution in [0.3, 0.4) is 0 Å². The van der Waals surface area contributed by atoms with Gasteiger partial charge in [0.15, 0.2) is 5.78 Å². The average Bonchev–Trinajstić information content (AvgIpc) is 3.56. The second kappa shape index (κ2) is 12.0. The number of aliphatic hydroxyl groups excluding tert-OH is 1. The van der Waals surface area contributed by atoms with Crippen molar-refractivity contribution in [1.82, 2.24) is 0 Å². The first-order valence-electron chi connectivity index (χ1n) is 22.9. The molecule has 0 aromatic rings. The summed E-state index contributed by atoms with van der Waals surface area (Å²) in [6.45, 7) is 8.72. The Labute approximate surface area is 351 Å². The largest absolute Gasteiger partial charge is 0.469 e. The molecule has 0 aromatic heterocycles. The first-order chi connectivity index (χ1) is 28.3. The standard InChI is InChI=1S/C24H29NO5.C24H30O6/c1-21-6-4-14(26)19-20(29)12(9-23(19,21)11-25)17-13-3-7-24(8-5-16(28)30-24)22(13,2)10-15(27)18(17)21;1-21-7-4-14(25)10-13(21)11-15(20(27)28-3)19-16-5-8-23(9-6-18(26)30-23)22(16,2)12-17-24(19,21)29-17/h12-13,15,17-19,27H,3-10H2,1-2H3;10,15-17,19H,4-9,11-12H2,1-3H3/t12?,13?,15-,17?,18?,19+,21?,22?,23+,24-;15-,16?,17-,19?,21?,22?,23-,24-/m11/s1. The van der Waals surface area contributed by atoms with Crippen LogP contribution in [0.25, 0.3) is 0 Å². The minimum Gasteiger partial charge on any atom is -0.469 e. The van der Waals surface area contributed by atoms with Gasteiger partial charge in [-0.05, 0) is 112 Å². The van der Waals surface area contributed by atoms with Crippen LogP contribution in [-0.4, -0.2) is 76.5 Å². The maximum Gasteiger partial charge on any atom is 0.309 e. The normalized spacial score (nSPS) is 55.8. The number of rotatable bonds is 1. The zero-order valence-corrected chi connectivity index (χ0v) is 35.6. The van der Waals surface area contributed by atoms with Gasteiger partial charge in [-0.2, -0.15) is 5.26 Å². The molecule has 9 aliphatic carbocycles. The maximum atomic E-state index is 13.6. The molecule has 12 rings (SSSR count). The Bertz CT molecular complexity index is 2140. The number of nitriles is 1. The maximum absolute atomic E-state index is 13.6. The summed E-state index contributed by atoms with van der Waals surface area (Å²) in [6, 6.07) is 2.47. The molecule has 322 valence electrons. The van der Waals surface area contributed by atoms with Gasteiger partial charge in [-0.25, -0.2) is 0 Å². The van der Waals surface area contributed by atoms with E-state index in [1.807, 2.05) is 0 Å². The summed E-state index contributed by atoms with van der Waals surface area (Å²) in [4.78, 5) is 75.9. The number of ether oxygens (including phenoxy) is 4.